The molecular weight excluding hydrogens is 613 g/mol. The fourth-order valence-electron chi connectivity index (χ4n) is 7.96. The molecule has 0 amide bonds. The van der Waals surface area contributed by atoms with Crippen molar-refractivity contribution in [2.24, 2.45) is 0 Å². The van der Waals surface area contributed by atoms with Crippen molar-refractivity contribution in [3.63, 3.8) is 0 Å². The van der Waals surface area contributed by atoms with E-state index >= 15 is 0 Å². The van der Waals surface area contributed by atoms with E-state index in [-0.39, 0.29) is 22.2 Å². The Hall–Kier alpha value is -4.70. The summed E-state index contributed by atoms with van der Waals surface area (Å²) in [5.74, 6) is 1.65. The number of hydrogen-bond acceptors (Lipinski definition) is 4. The molecule has 0 bridgehead atoms. The molecule has 0 aromatic heterocycles. The average Bonchev–Trinajstić information content (AvgIpc) is 3.06. The van der Waals surface area contributed by atoms with Gasteiger partial charge in [0, 0.05) is 22.9 Å². The summed E-state index contributed by atoms with van der Waals surface area (Å²) in [4.78, 5) is 4.94. The zero-order chi connectivity index (χ0) is 35.3. The first kappa shape index (κ1) is 32.5. The van der Waals surface area contributed by atoms with Crippen LogP contribution in [0.3, 0.4) is 0 Å². The molecule has 0 saturated heterocycles. The number of rotatable bonds is 2. The monoisotopic (exact) mass is 662 g/mol. The summed E-state index contributed by atoms with van der Waals surface area (Å²) >= 11 is 0. The lowest BCUT2D eigenvalue weighted by Crippen LogP contribution is -2.31. The van der Waals surface area contributed by atoms with E-state index in [2.05, 4.69) is 170 Å². The highest BCUT2D eigenvalue weighted by molar-refractivity contribution is 5.98. The highest BCUT2D eigenvalue weighted by atomic mass is 16.6. The average molecular weight is 663 g/mol. The molecule has 8 rings (SSSR count). The van der Waals surface area contributed by atoms with Gasteiger partial charge in [-0.25, -0.2) is 0 Å². The third kappa shape index (κ3) is 5.18. The largest absolute Gasteiger partial charge is 0.486 e. The number of ether oxygens (including phenoxy) is 2. The summed E-state index contributed by atoms with van der Waals surface area (Å²) in [7, 11) is 0. The second-order valence-corrected chi connectivity index (χ2v) is 17.5. The molecule has 0 spiro atoms. The lowest BCUT2D eigenvalue weighted by Gasteiger charge is -2.46. The van der Waals surface area contributed by atoms with Gasteiger partial charge < -0.3 is 19.3 Å². The van der Waals surface area contributed by atoms with Crippen molar-refractivity contribution in [2.75, 3.05) is 23.0 Å². The predicted octanol–water partition coefficient (Wildman–Crippen LogP) is 12.4. The smallest absolute Gasteiger partial charge is 0.185 e. The number of anilines is 6. The number of hydrogen-bond donors (Lipinski definition) is 0. The van der Waals surface area contributed by atoms with E-state index in [1.165, 1.54) is 61.7 Å². The molecule has 0 saturated carbocycles. The van der Waals surface area contributed by atoms with Crippen molar-refractivity contribution in [1.29, 1.82) is 0 Å². The van der Waals surface area contributed by atoms with Crippen molar-refractivity contribution >= 4 is 34.1 Å². The van der Waals surface area contributed by atoms with Crippen LogP contribution in [0.4, 0.5) is 34.1 Å². The number of aryl methyl sites for hydroxylation is 1. The minimum atomic E-state index is -0.00423. The van der Waals surface area contributed by atoms with E-state index in [1.54, 1.807) is 0 Å². The standard InChI is InChI=1S/C46H50N2O2/c1-28-25-37-41-38(26-28)48(33-18-13-30(14-19-33)45(5,6)7)42-34(20-22-39-43(42)50-24-23-49-39)40(41)35-27-31(46(8,9)10)15-21-36(35)47(37)32-16-11-29(12-17-32)44(2,3)4/h11-22,25-27,40H,23-24H2,1-10H3. The third-order valence-electron chi connectivity index (χ3n) is 10.7. The quantitative estimate of drug-likeness (QED) is 0.184. The number of fused-ring (bicyclic) bond motifs is 6. The van der Waals surface area contributed by atoms with Crippen LogP contribution in [0, 0.1) is 6.92 Å². The predicted molar refractivity (Wildman–Crippen MR) is 209 cm³/mol. The van der Waals surface area contributed by atoms with E-state index < -0.39 is 0 Å². The molecule has 1 atom stereocenters. The van der Waals surface area contributed by atoms with Gasteiger partial charge in [0.25, 0.3) is 0 Å². The molecule has 0 aliphatic carbocycles. The van der Waals surface area contributed by atoms with E-state index in [1.807, 2.05) is 0 Å². The van der Waals surface area contributed by atoms with Crippen LogP contribution in [0.15, 0.2) is 91.0 Å². The Balaban J connectivity index is 1.45. The van der Waals surface area contributed by atoms with Crippen LogP contribution >= 0.6 is 0 Å². The normalized spacial score (nSPS) is 16.5. The van der Waals surface area contributed by atoms with Crippen LogP contribution in [0.1, 0.15) is 107 Å². The van der Waals surface area contributed by atoms with Gasteiger partial charge in [-0.05, 0) is 105 Å². The van der Waals surface area contributed by atoms with Crippen molar-refractivity contribution in [3.8, 4) is 11.5 Å². The van der Waals surface area contributed by atoms with Gasteiger partial charge >= 0.3 is 0 Å². The summed E-state index contributed by atoms with van der Waals surface area (Å²) in [6.07, 6.45) is 0. The SMILES string of the molecule is Cc1cc2c3c(c1)N(c1ccc(C(C)(C)C)cc1)c1c(ccc4c1OCCO4)C3c1cc(C(C)(C)C)ccc1N2c1ccc(C(C)(C)C)cc1. The Morgan fingerprint density at radius 2 is 1.04 bits per heavy atom. The third-order valence-corrected chi connectivity index (χ3v) is 10.7. The van der Waals surface area contributed by atoms with Crippen LogP contribution < -0.4 is 19.3 Å². The lowest BCUT2D eigenvalue weighted by atomic mass is 9.73. The topological polar surface area (TPSA) is 24.9 Å². The molecule has 0 radical (unpaired) electrons. The lowest BCUT2D eigenvalue weighted by molar-refractivity contribution is 0.172. The van der Waals surface area contributed by atoms with Crippen LogP contribution in [0.25, 0.3) is 0 Å². The van der Waals surface area contributed by atoms with Gasteiger partial charge in [-0.2, -0.15) is 0 Å². The van der Waals surface area contributed by atoms with E-state index in [0.29, 0.717) is 13.2 Å². The summed E-state index contributed by atoms with van der Waals surface area (Å²) < 4.78 is 12.8. The van der Waals surface area contributed by atoms with Gasteiger partial charge in [0.2, 0.25) is 0 Å². The highest BCUT2D eigenvalue weighted by Gasteiger charge is 2.43. The van der Waals surface area contributed by atoms with Crippen molar-refractivity contribution in [2.45, 2.75) is 91.4 Å². The van der Waals surface area contributed by atoms with Crippen molar-refractivity contribution in [3.05, 3.63) is 130 Å². The van der Waals surface area contributed by atoms with Gasteiger partial charge in [-0.3, -0.25) is 0 Å². The summed E-state index contributed by atoms with van der Waals surface area (Å²) in [6, 6.07) is 34.6. The van der Waals surface area contributed by atoms with Gasteiger partial charge in [0.05, 0.1) is 22.7 Å². The second-order valence-electron chi connectivity index (χ2n) is 17.5. The van der Waals surface area contributed by atoms with Gasteiger partial charge in [0.15, 0.2) is 11.5 Å². The maximum absolute atomic E-state index is 6.56. The van der Waals surface area contributed by atoms with Crippen molar-refractivity contribution < 1.29 is 9.47 Å². The molecule has 50 heavy (non-hydrogen) atoms. The second kappa shape index (κ2) is 11.2. The van der Waals surface area contributed by atoms with Gasteiger partial charge in [-0.1, -0.05) is 105 Å². The van der Waals surface area contributed by atoms with Crippen LogP contribution in [-0.2, 0) is 16.2 Å². The molecule has 3 aliphatic heterocycles. The Morgan fingerprint density at radius 1 is 0.520 bits per heavy atom. The van der Waals surface area contributed by atoms with E-state index in [4.69, 9.17) is 9.47 Å². The first-order chi connectivity index (χ1) is 23.6. The first-order valence-corrected chi connectivity index (χ1v) is 18.1. The molecule has 0 fully saturated rings. The molecule has 3 heterocycles. The van der Waals surface area contributed by atoms with Crippen molar-refractivity contribution in [1.82, 2.24) is 0 Å². The van der Waals surface area contributed by atoms with Crippen LogP contribution in [0.5, 0.6) is 11.5 Å². The fraction of sp³-hybridized carbons (Fsp3) is 0.348. The molecule has 0 N–H and O–H groups in total. The maximum Gasteiger partial charge on any atom is 0.185 e. The first-order valence-electron chi connectivity index (χ1n) is 18.1. The van der Waals surface area contributed by atoms with E-state index in [9.17, 15) is 0 Å². The molecule has 5 aromatic carbocycles. The molecule has 1 unspecified atom stereocenters. The molecule has 4 heteroatoms. The highest BCUT2D eigenvalue weighted by Crippen LogP contribution is 2.63. The Bertz CT molecular complexity index is 2120. The van der Waals surface area contributed by atoms with Gasteiger partial charge in [0.1, 0.15) is 13.2 Å². The Kier molecular flexibility index (Phi) is 7.25. The molecule has 5 aromatic rings. The molecule has 3 aliphatic rings. The number of nitrogens with zero attached hydrogens (tertiary/aromatic N) is 2. The Labute approximate surface area is 298 Å². The van der Waals surface area contributed by atoms with Crippen LogP contribution in [0.2, 0.25) is 0 Å². The summed E-state index contributed by atoms with van der Waals surface area (Å²) in [5.41, 5.74) is 16.2. The molecule has 256 valence electrons. The maximum atomic E-state index is 6.56. The number of benzene rings is 5. The zero-order valence-electron chi connectivity index (χ0n) is 31.4. The minimum absolute atomic E-state index is 0.00423. The molecule has 4 nitrogen and oxygen atoms in total. The molecular formula is C46H50N2O2. The fourth-order valence-corrected chi connectivity index (χ4v) is 7.96. The van der Waals surface area contributed by atoms with E-state index in [0.717, 1.165) is 22.9 Å². The summed E-state index contributed by atoms with van der Waals surface area (Å²) in [5, 5.41) is 0. The zero-order valence-corrected chi connectivity index (χ0v) is 31.4. The minimum Gasteiger partial charge on any atom is -0.486 e. The Morgan fingerprint density at radius 3 is 1.62 bits per heavy atom. The van der Waals surface area contributed by atoms with Crippen LogP contribution in [-0.4, -0.2) is 13.2 Å². The van der Waals surface area contributed by atoms with Gasteiger partial charge in [-0.15, -0.1) is 0 Å². The summed E-state index contributed by atoms with van der Waals surface area (Å²) in [6.45, 7) is 23.9.